The van der Waals surface area contributed by atoms with Gasteiger partial charge in [0.2, 0.25) is 0 Å². The Kier molecular flexibility index (Phi) is 5.34. The van der Waals surface area contributed by atoms with E-state index in [4.69, 9.17) is 34.8 Å². The normalized spacial score (nSPS) is 13.0. The third kappa shape index (κ3) is 4.61. The van der Waals surface area contributed by atoms with Crippen LogP contribution < -0.4 is 9.71 Å². The quantitative estimate of drug-likeness (QED) is 0.489. The van der Waals surface area contributed by atoms with Crippen LogP contribution in [0.15, 0.2) is 65.6 Å². The molecular formula is C14H12Cl3N2O2S+. The fourth-order valence-electron chi connectivity index (χ4n) is 1.61. The van der Waals surface area contributed by atoms with Crippen molar-refractivity contribution in [3.8, 4) is 0 Å². The second kappa shape index (κ2) is 6.87. The van der Waals surface area contributed by atoms with Crippen molar-refractivity contribution in [2.45, 2.75) is 8.69 Å². The Morgan fingerprint density at radius 2 is 1.41 bits per heavy atom. The van der Waals surface area contributed by atoms with Crippen molar-refractivity contribution in [1.29, 1.82) is 0 Å². The molecule has 2 aromatic carbocycles. The smallest absolute Gasteiger partial charge is 0.240 e. The SMILES string of the molecule is O=S(=O)([NH+]=C(Nc1ccccc1)C(Cl)(Cl)Cl)c1ccccc1. The molecule has 0 aromatic heterocycles. The Labute approximate surface area is 143 Å². The Hall–Kier alpha value is -1.27. The van der Waals surface area contributed by atoms with Crippen LogP contribution in [-0.4, -0.2) is 18.0 Å². The summed E-state index contributed by atoms with van der Waals surface area (Å²) in [5, 5.41) is 2.78. The summed E-state index contributed by atoms with van der Waals surface area (Å²) >= 11 is 17.5. The number of amidine groups is 1. The number of alkyl halides is 3. The van der Waals surface area contributed by atoms with E-state index >= 15 is 0 Å². The molecule has 0 saturated heterocycles. The van der Waals surface area contributed by atoms with Gasteiger partial charge in [0, 0.05) is 0 Å². The molecule has 4 nitrogen and oxygen atoms in total. The lowest BCUT2D eigenvalue weighted by Crippen LogP contribution is -2.80. The van der Waals surface area contributed by atoms with Gasteiger partial charge in [-0.1, -0.05) is 71.2 Å². The molecule has 0 amide bonds. The molecule has 8 heteroatoms. The molecule has 0 aliphatic heterocycles. The van der Waals surface area contributed by atoms with Gasteiger partial charge in [-0.15, -0.1) is 0 Å². The Balaban J connectivity index is 2.42. The second-order valence-corrected chi connectivity index (χ2v) is 8.25. The van der Waals surface area contributed by atoms with Gasteiger partial charge in [0.05, 0.1) is 0 Å². The number of nitrogens with one attached hydrogen (secondary N) is 2. The second-order valence-electron chi connectivity index (χ2n) is 4.28. The number of rotatable bonds is 3. The molecule has 0 heterocycles. The highest BCUT2D eigenvalue weighted by molar-refractivity contribution is 7.84. The Bertz CT molecular complexity index is 758. The van der Waals surface area contributed by atoms with Crippen LogP contribution in [0.4, 0.5) is 5.69 Å². The average Bonchev–Trinajstić information content (AvgIpc) is 2.47. The van der Waals surface area contributed by atoms with Gasteiger partial charge in [-0.3, -0.25) is 0 Å². The molecule has 2 rings (SSSR count). The molecule has 0 unspecified atom stereocenters. The predicted molar refractivity (Wildman–Crippen MR) is 90.0 cm³/mol. The first-order chi connectivity index (χ1) is 10.3. The maximum absolute atomic E-state index is 12.3. The summed E-state index contributed by atoms with van der Waals surface area (Å²) in [6, 6.07) is 16.6. The Morgan fingerprint density at radius 3 is 1.91 bits per heavy atom. The molecule has 22 heavy (non-hydrogen) atoms. The topological polar surface area (TPSA) is 60.1 Å². The van der Waals surface area contributed by atoms with Gasteiger partial charge >= 0.3 is 15.9 Å². The number of anilines is 1. The van der Waals surface area contributed by atoms with Gasteiger partial charge < -0.3 is 0 Å². The van der Waals surface area contributed by atoms with Crippen molar-refractivity contribution in [3.63, 3.8) is 0 Å². The van der Waals surface area contributed by atoms with Crippen LogP contribution >= 0.6 is 34.8 Å². The molecule has 0 saturated carbocycles. The van der Waals surface area contributed by atoms with Crippen LogP contribution in [0.25, 0.3) is 0 Å². The fourth-order valence-corrected chi connectivity index (χ4v) is 3.17. The van der Waals surface area contributed by atoms with Gasteiger partial charge in [0.25, 0.3) is 3.79 Å². The standard InChI is InChI=1S/C14H11Cl3N2O2S/c15-14(16,17)13(18-11-7-3-1-4-8-11)19-22(20,21)12-9-5-2-6-10-12/h1-10H,(H,18,19)/p+1. The van der Waals surface area contributed by atoms with E-state index in [2.05, 4.69) is 9.71 Å². The summed E-state index contributed by atoms with van der Waals surface area (Å²) in [4.78, 5) is 0.0663. The predicted octanol–water partition coefficient (Wildman–Crippen LogP) is 2.34. The summed E-state index contributed by atoms with van der Waals surface area (Å²) in [5.74, 6) is -0.174. The van der Waals surface area contributed by atoms with Gasteiger partial charge in [0.1, 0.15) is 10.6 Å². The van der Waals surface area contributed by atoms with E-state index in [1.165, 1.54) is 12.1 Å². The molecule has 2 aromatic rings. The first kappa shape index (κ1) is 17.1. The van der Waals surface area contributed by atoms with Gasteiger partial charge in [-0.2, -0.15) is 12.8 Å². The number of hydrogen-bond acceptors (Lipinski definition) is 2. The maximum atomic E-state index is 12.3. The van der Waals surface area contributed by atoms with Gasteiger partial charge in [0.15, 0.2) is 0 Å². The van der Waals surface area contributed by atoms with Crippen LogP contribution in [0.1, 0.15) is 0 Å². The maximum Gasteiger partial charge on any atom is 0.328 e. The van der Waals surface area contributed by atoms with E-state index in [0.717, 1.165) is 0 Å². The number of sulfonamides is 1. The van der Waals surface area contributed by atoms with Crippen LogP contribution in [-0.2, 0) is 10.0 Å². The zero-order valence-corrected chi connectivity index (χ0v) is 14.2. The van der Waals surface area contributed by atoms with E-state index < -0.39 is 13.8 Å². The van der Waals surface area contributed by atoms with E-state index in [1.807, 2.05) is 6.07 Å². The number of para-hydroxylation sites is 1. The highest BCUT2D eigenvalue weighted by atomic mass is 35.6. The highest BCUT2D eigenvalue weighted by Crippen LogP contribution is 2.26. The molecule has 2 N–H and O–H groups in total. The monoisotopic (exact) mass is 377 g/mol. The molecule has 0 bridgehead atoms. The largest absolute Gasteiger partial charge is 0.328 e. The zero-order valence-electron chi connectivity index (χ0n) is 11.1. The molecule has 0 spiro atoms. The number of benzene rings is 2. The summed E-state index contributed by atoms with van der Waals surface area (Å²) in [6.45, 7) is 0. The van der Waals surface area contributed by atoms with E-state index in [9.17, 15) is 8.42 Å². The first-order valence-corrected chi connectivity index (χ1v) is 8.75. The van der Waals surface area contributed by atoms with E-state index in [1.54, 1.807) is 42.5 Å². The lowest BCUT2D eigenvalue weighted by Gasteiger charge is -2.10. The van der Waals surface area contributed by atoms with Crippen molar-refractivity contribution < 1.29 is 12.8 Å². The molecule has 0 aliphatic rings. The van der Waals surface area contributed by atoms with E-state index in [0.29, 0.717) is 5.69 Å². The molecular weight excluding hydrogens is 367 g/mol. The van der Waals surface area contributed by atoms with Crippen LogP contribution in [0, 0.1) is 0 Å². The van der Waals surface area contributed by atoms with Crippen molar-refractivity contribution in [2.75, 3.05) is 5.32 Å². The summed E-state index contributed by atoms with van der Waals surface area (Å²) in [7, 11) is -3.87. The van der Waals surface area contributed by atoms with Crippen LogP contribution in [0.5, 0.6) is 0 Å². The Morgan fingerprint density at radius 1 is 0.909 bits per heavy atom. The van der Waals surface area contributed by atoms with E-state index in [-0.39, 0.29) is 10.7 Å². The fraction of sp³-hybridized carbons (Fsp3) is 0.0714. The zero-order chi connectivity index (χ0) is 16.2. The third-order valence-electron chi connectivity index (χ3n) is 2.62. The first-order valence-electron chi connectivity index (χ1n) is 6.13. The van der Waals surface area contributed by atoms with Gasteiger partial charge in [-0.25, -0.2) is 5.32 Å². The van der Waals surface area contributed by atoms with Crippen molar-refractivity contribution in [2.24, 2.45) is 0 Å². The van der Waals surface area contributed by atoms with Crippen molar-refractivity contribution in [1.82, 2.24) is 0 Å². The van der Waals surface area contributed by atoms with Crippen LogP contribution in [0.2, 0.25) is 0 Å². The highest BCUT2D eigenvalue weighted by Gasteiger charge is 2.37. The minimum Gasteiger partial charge on any atom is -0.240 e. The molecule has 0 aliphatic carbocycles. The third-order valence-corrected chi connectivity index (χ3v) is 4.55. The van der Waals surface area contributed by atoms with Crippen molar-refractivity contribution >= 4 is 56.3 Å². The number of hydrogen-bond donors (Lipinski definition) is 2. The minimum absolute atomic E-state index is 0.0663. The molecule has 116 valence electrons. The lowest BCUT2D eigenvalue weighted by molar-refractivity contribution is -0.268. The van der Waals surface area contributed by atoms with Crippen LogP contribution in [0.3, 0.4) is 0 Å². The average molecular weight is 379 g/mol. The molecule has 0 fully saturated rings. The molecule has 0 atom stereocenters. The summed E-state index contributed by atoms with van der Waals surface area (Å²) in [6.07, 6.45) is 0. The van der Waals surface area contributed by atoms with Gasteiger partial charge in [-0.05, 0) is 24.3 Å². The molecule has 0 radical (unpaired) electrons. The summed E-state index contributed by atoms with van der Waals surface area (Å²) < 4.78 is 25.0. The number of halogens is 3. The summed E-state index contributed by atoms with van der Waals surface area (Å²) in [5.41, 5.74) is 0.583. The minimum atomic E-state index is -3.87. The van der Waals surface area contributed by atoms with Crippen molar-refractivity contribution in [3.05, 3.63) is 60.7 Å². The lowest BCUT2D eigenvalue weighted by atomic mass is 10.3.